The molecule has 106 valence electrons. The van der Waals surface area contributed by atoms with Crippen molar-refractivity contribution in [2.45, 2.75) is 46.2 Å². The van der Waals surface area contributed by atoms with Gasteiger partial charge in [-0.15, -0.1) is 0 Å². The second-order valence-electron chi connectivity index (χ2n) is 5.61. The van der Waals surface area contributed by atoms with Crippen LogP contribution >= 0.6 is 11.6 Å². The first-order chi connectivity index (χ1) is 9.13. The maximum absolute atomic E-state index is 6.21. The molecule has 0 saturated carbocycles. The zero-order valence-corrected chi connectivity index (χ0v) is 13.0. The molecule has 0 radical (unpaired) electrons. The lowest BCUT2D eigenvalue weighted by atomic mass is 9.91. The third-order valence-electron chi connectivity index (χ3n) is 4.30. The minimum Gasteiger partial charge on any atom is -0.368 e. The van der Waals surface area contributed by atoms with Crippen LogP contribution in [0.25, 0.3) is 0 Å². The Balaban J connectivity index is 2.28. The summed E-state index contributed by atoms with van der Waals surface area (Å²) in [6.07, 6.45) is 2.61. The fraction of sp³-hybridized carbons (Fsp3) is 0.625. The Kier molecular flexibility index (Phi) is 5.12. The molecule has 0 amide bonds. The first kappa shape index (κ1) is 14.7. The fourth-order valence-electron chi connectivity index (χ4n) is 2.89. The number of nitrogens with one attached hydrogen (secondary N) is 1. The van der Waals surface area contributed by atoms with Crippen molar-refractivity contribution >= 4 is 17.3 Å². The highest BCUT2D eigenvalue weighted by atomic mass is 35.5. The molecule has 3 heteroatoms. The molecule has 0 bridgehead atoms. The molecule has 19 heavy (non-hydrogen) atoms. The summed E-state index contributed by atoms with van der Waals surface area (Å²) < 4.78 is 0. The van der Waals surface area contributed by atoms with Gasteiger partial charge in [0.05, 0.1) is 0 Å². The zero-order valence-electron chi connectivity index (χ0n) is 12.2. The zero-order chi connectivity index (χ0) is 13.8. The van der Waals surface area contributed by atoms with Crippen molar-refractivity contribution in [2.24, 2.45) is 5.92 Å². The van der Waals surface area contributed by atoms with Crippen LogP contribution in [0.15, 0.2) is 18.2 Å². The van der Waals surface area contributed by atoms with Gasteiger partial charge in [0, 0.05) is 29.8 Å². The largest absolute Gasteiger partial charge is 0.368 e. The number of piperidine rings is 1. The van der Waals surface area contributed by atoms with Crippen LogP contribution in [0.2, 0.25) is 5.02 Å². The van der Waals surface area contributed by atoms with Crippen molar-refractivity contribution in [3.8, 4) is 0 Å². The Bertz CT molecular complexity index is 419. The average molecular weight is 281 g/mol. The van der Waals surface area contributed by atoms with Crippen molar-refractivity contribution in [1.29, 1.82) is 0 Å². The minimum absolute atomic E-state index is 0.590. The molecule has 0 spiro atoms. The van der Waals surface area contributed by atoms with E-state index < -0.39 is 0 Å². The highest BCUT2D eigenvalue weighted by Gasteiger charge is 2.26. The van der Waals surface area contributed by atoms with E-state index in [0.717, 1.165) is 30.6 Å². The second kappa shape index (κ2) is 6.62. The van der Waals surface area contributed by atoms with Gasteiger partial charge < -0.3 is 10.2 Å². The number of hydrogen-bond donors (Lipinski definition) is 1. The summed E-state index contributed by atoms with van der Waals surface area (Å²) in [5.74, 6) is 0.750. The minimum atomic E-state index is 0.590. The van der Waals surface area contributed by atoms with Crippen LogP contribution in [0.5, 0.6) is 0 Å². The summed E-state index contributed by atoms with van der Waals surface area (Å²) in [6, 6.07) is 6.87. The molecule has 0 aromatic heterocycles. The standard InChI is InChI=1S/C16H25ClN2/c1-4-18-11-14-7-8-15(17)10-16(14)19-9-5-6-12(2)13(19)3/h7-8,10,12-13,18H,4-6,9,11H2,1-3H3. The van der Waals surface area contributed by atoms with Crippen LogP contribution in [0.3, 0.4) is 0 Å². The lowest BCUT2D eigenvalue weighted by molar-refractivity contribution is 0.363. The third-order valence-corrected chi connectivity index (χ3v) is 4.53. The van der Waals surface area contributed by atoms with Gasteiger partial charge in [-0.05, 0) is 49.9 Å². The predicted octanol–water partition coefficient (Wildman–Crippen LogP) is 4.07. The van der Waals surface area contributed by atoms with Gasteiger partial charge in [-0.25, -0.2) is 0 Å². The van der Waals surface area contributed by atoms with E-state index in [2.05, 4.69) is 43.1 Å². The van der Waals surface area contributed by atoms with Crippen LogP contribution < -0.4 is 10.2 Å². The van der Waals surface area contributed by atoms with Gasteiger partial charge in [0.15, 0.2) is 0 Å². The number of hydrogen-bond acceptors (Lipinski definition) is 2. The van der Waals surface area contributed by atoms with E-state index in [1.165, 1.54) is 24.1 Å². The van der Waals surface area contributed by atoms with Gasteiger partial charge >= 0.3 is 0 Å². The molecule has 2 unspecified atom stereocenters. The molecule has 1 aliphatic heterocycles. The average Bonchev–Trinajstić information content (AvgIpc) is 2.40. The summed E-state index contributed by atoms with van der Waals surface area (Å²) in [6.45, 7) is 9.88. The first-order valence-electron chi connectivity index (χ1n) is 7.39. The van der Waals surface area contributed by atoms with E-state index in [4.69, 9.17) is 11.6 Å². The number of nitrogens with zero attached hydrogens (tertiary/aromatic N) is 1. The molecule has 2 rings (SSSR count). The van der Waals surface area contributed by atoms with Crippen molar-refractivity contribution in [2.75, 3.05) is 18.0 Å². The molecule has 0 aliphatic carbocycles. The van der Waals surface area contributed by atoms with Gasteiger partial charge in [-0.3, -0.25) is 0 Å². The third kappa shape index (κ3) is 3.43. The lowest BCUT2D eigenvalue weighted by Crippen LogP contribution is -2.43. The van der Waals surface area contributed by atoms with Crippen LogP contribution in [0.1, 0.15) is 39.2 Å². The van der Waals surface area contributed by atoms with Gasteiger partial charge in [0.2, 0.25) is 0 Å². The summed E-state index contributed by atoms with van der Waals surface area (Å²) in [4.78, 5) is 2.53. The molecular weight excluding hydrogens is 256 g/mol. The number of anilines is 1. The summed E-state index contributed by atoms with van der Waals surface area (Å²) in [5.41, 5.74) is 2.67. The van der Waals surface area contributed by atoms with Gasteiger partial charge in [0.25, 0.3) is 0 Å². The Morgan fingerprint density at radius 3 is 2.89 bits per heavy atom. The maximum Gasteiger partial charge on any atom is 0.0429 e. The van der Waals surface area contributed by atoms with Crippen LogP contribution in [0, 0.1) is 5.92 Å². The Hall–Kier alpha value is -0.730. The topological polar surface area (TPSA) is 15.3 Å². The highest BCUT2D eigenvalue weighted by Crippen LogP contribution is 2.32. The molecule has 1 aromatic carbocycles. The van der Waals surface area contributed by atoms with Crippen molar-refractivity contribution in [3.63, 3.8) is 0 Å². The van der Waals surface area contributed by atoms with Crippen LogP contribution in [-0.2, 0) is 6.54 Å². The fourth-order valence-corrected chi connectivity index (χ4v) is 3.06. The molecule has 1 heterocycles. The molecule has 1 aliphatic rings. The molecule has 1 N–H and O–H groups in total. The van der Waals surface area contributed by atoms with E-state index in [-0.39, 0.29) is 0 Å². The number of rotatable bonds is 4. The van der Waals surface area contributed by atoms with Crippen LogP contribution in [0.4, 0.5) is 5.69 Å². The monoisotopic (exact) mass is 280 g/mol. The summed E-state index contributed by atoms with van der Waals surface area (Å²) in [5, 5.41) is 4.25. The molecule has 2 atom stereocenters. The van der Waals surface area contributed by atoms with E-state index in [1.54, 1.807) is 0 Å². The van der Waals surface area contributed by atoms with E-state index in [1.807, 2.05) is 6.07 Å². The Morgan fingerprint density at radius 2 is 2.16 bits per heavy atom. The van der Waals surface area contributed by atoms with E-state index in [9.17, 15) is 0 Å². The van der Waals surface area contributed by atoms with Gasteiger partial charge in [-0.1, -0.05) is 31.5 Å². The summed E-state index contributed by atoms with van der Waals surface area (Å²) >= 11 is 6.21. The molecule has 1 fully saturated rings. The Morgan fingerprint density at radius 1 is 1.37 bits per heavy atom. The first-order valence-corrected chi connectivity index (χ1v) is 7.77. The van der Waals surface area contributed by atoms with E-state index in [0.29, 0.717) is 6.04 Å². The van der Waals surface area contributed by atoms with Gasteiger partial charge in [-0.2, -0.15) is 0 Å². The normalized spacial score (nSPS) is 23.7. The summed E-state index contributed by atoms with van der Waals surface area (Å²) in [7, 11) is 0. The SMILES string of the molecule is CCNCc1ccc(Cl)cc1N1CCCC(C)C1C. The smallest absolute Gasteiger partial charge is 0.0429 e. The van der Waals surface area contributed by atoms with Crippen molar-refractivity contribution < 1.29 is 0 Å². The molecule has 1 saturated heterocycles. The molecule has 2 nitrogen and oxygen atoms in total. The Labute approximate surface area is 122 Å². The number of halogens is 1. The maximum atomic E-state index is 6.21. The molecular formula is C16H25ClN2. The predicted molar refractivity (Wildman–Crippen MR) is 84.0 cm³/mol. The van der Waals surface area contributed by atoms with Crippen molar-refractivity contribution in [1.82, 2.24) is 5.32 Å². The van der Waals surface area contributed by atoms with Crippen LogP contribution in [-0.4, -0.2) is 19.1 Å². The highest BCUT2D eigenvalue weighted by molar-refractivity contribution is 6.30. The second-order valence-corrected chi connectivity index (χ2v) is 6.04. The van der Waals surface area contributed by atoms with Gasteiger partial charge in [0.1, 0.15) is 0 Å². The van der Waals surface area contributed by atoms with Crippen molar-refractivity contribution in [3.05, 3.63) is 28.8 Å². The quantitative estimate of drug-likeness (QED) is 0.894. The van der Waals surface area contributed by atoms with E-state index >= 15 is 0 Å². The number of benzene rings is 1. The lowest BCUT2D eigenvalue weighted by Gasteiger charge is -2.40. The molecule has 1 aromatic rings.